The number of aryl methyl sites for hydroxylation is 1. The Kier molecular flexibility index (Phi) is 6.02. The maximum Gasteiger partial charge on any atom is 0.258 e. The molecule has 0 aliphatic carbocycles. The molecule has 1 atom stereocenters. The molecule has 0 heterocycles. The van der Waals surface area contributed by atoms with E-state index in [1.807, 2.05) is 19.9 Å². The molecule has 1 rings (SSSR count). The molecular weight excluding hydrogens is 246 g/mol. The van der Waals surface area contributed by atoms with Crippen molar-refractivity contribution in [3.63, 3.8) is 0 Å². The van der Waals surface area contributed by atoms with Gasteiger partial charge in [0.15, 0.2) is 12.9 Å². The van der Waals surface area contributed by atoms with Crippen molar-refractivity contribution in [1.82, 2.24) is 5.32 Å². The van der Waals surface area contributed by atoms with E-state index < -0.39 is 0 Å². The Hall–Kier alpha value is -1.88. The van der Waals surface area contributed by atoms with Crippen molar-refractivity contribution in [3.05, 3.63) is 29.3 Å². The molecule has 104 valence electrons. The average molecular weight is 265 g/mol. The molecule has 5 heteroatoms. The molecule has 0 bridgehead atoms. The minimum absolute atomic E-state index is 0.0801. The number of carbonyl (C=O) groups excluding carboxylic acids is 2. The van der Waals surface area contributed by atoms with Gasteiger partial charge in [-0.15, -0.1) is 0 Å². The Morgan fingerprint density at radius 1 is 1.47 bits per heavy atom. The molecule has 1 amide bonds. The van der Waals surface area contributed by atoms with Gasteiger partial charge in [-0.1, -0.05) is 12.1 Å². The monoisotopic (exact) mass is 265 g/mol. The molecule has 0 aromatic heterocycles. The van der Waals surface area contributed by atoms with E-state index in [4.69, 9.17) is 9.47 Å². The first-order valence-electron chi connectivity index (χ1n) is 6.04. The fourth-order valence-electron chi connectivity index (χ4n) is 1.71. The molecule has 0 fully saturated rings. The highest BCUT2D eigenvalue weighted by atomic mass is 16.5. The maximum atomic E-state index is 11.6. The van der Waals surface area contributed by atoms with Crippen molar-refractivity contribution in [1.29, 1.82) is 0 Å². The molecule has 1 unspecified atom stereocenters. The Morgan fingerprint density at radius 3 is 2.84 bits per heavy atom. The van der Waals surface area contributed by atoms with Gasteiger partial charge in [-0.05, 0) is 25.5 Å². The number of carbonyl (C=O) groups is 2. The van der Waals surface area contributed by atoms with E-state index in [9.17, 15) is 9.59 Å². The summed E-state index contributed by atoms with van der Waals surface area (Å²) in [5.41, 5.74) is 1.26. The molecule has 1 aromatic rings. The summed E-state index contributed by atoms with van der Waals surface area (Å²) >= 11 is 0. The lowest BCUT2D eigenvalue weighted by Gasteiger charge is -2.14. The van der Waals surface area contributed by atoms with Crippen molar-refractivity contribution < 1.29 is 19.1 Å². The first kappa shape index (κ1) is 15.2. The fourth-order valence-corrected chi connectivity index (χ4v) is 1.71. The molecule has 0 aliphatic rings. The zero-order valence-electron chi connectivity index (χ0n) is 11.4. The van der Waals surface area contributed by atoms with Crippen LogP contribution in [0, 0.1) is 6.92 Å². The molecule has 0 radical (unpaired) electrons. The van der Waals surface area contributed by atoms with Gasteiger partial charge in [0, 0.05) is 13.2 Å². The number of benzene rings is 1. The minimum Gasteiger partial charge on any atom is -0.483 e. The standard InChI is InChI=1S/C14H19NO4/c1-10-5-4-6-12(7-16)14(10)19-9-13(17)15-11(2)8-18-3/h4-7,11H,8-9H2,1-3H3,(H,15,17). The van der Waals surface area contributed by atoms with Gasteiger partial charge in [-0.25, -0.2) is 0 Å². The van der Waals surface area contributed by atoms with Gasteiger partial charge in [0.05, 0.1) is 12.2 Å². The minimum atomic E-state index is -0.246. The summed E-state index contributed by atoms with van der Waals surface area (Å²) in [6.45, 7) is 3.98. The van der Waals surface area contributed by atoms with Crippen LogP contribution in [0.1, 0.15) is 22.8 Å². The predicted molar refractivity (Wildman–Crippen MR) is 71.5 cm³/mol. The van der Waals surface area contributed by atoms with Crippen LogP contribution in [0.4, 0.5) is 0 Å². The van der Waals surface area contributed by atoms with Crippen LogP contribution < -0.4 is 10.1 Å². The van der Waals surface area contributed by atoms with Gasteiger partial charge in [0.1, 0.15) is 5.75 Å². The topological polar surface area (TPSA) is 64.6 Å². The van der Waals surface area contributed by atoms with Crippen LogP contribution in [0.2, 0.25) is 0 Å². The van der Waals surface area contributed by atoms with Crippen LogP contribution in [0.3, 0.4) is 0 Å². The lowest BCUT2D eigenvalue weighted by Crippen LogP contribution is -2.38. The number of hydrogen-bond acceptors (Lipinski definition) is 4. The quantitative estimate of drug-likeness (QED) is 0.756. The number of rotatable bonds is 7. The van der Waals surface area contributed by atoms with Crippen LogP contribution >= 0.6 is 0 Å². The van der Waals surface area contributed by atoms with Crippen molar-refractivity contribution in [2.45, 2.75) is 19.9 Å². The third-order valence-electron chi connectivity index (χ3n) is 2.54. The number of amides is 1. The zero-order valence-corrected chi connectivity index (χ0v) is 11.4. The summed E-state index contributed by atoms with van der Waals surface area (Å²) in [5, 5.41) is 2.73. The lowest BCUT2D eigenvalue weighted by atomic mass is 10.1. The third-order valence-corrected chi connectivity index (χ3v) is 2.54. The van der Waals surface area contributed by atoms with Crippen molar-refractivity contribution in [2.75, 3.05) is 20.3 Å². The second kappa shape index (κ2) is 7.53. The van der Waals surface area contributed by atoms with E-state index in [-0.39, 0.29) is 18.6 Å². The fraction of sp³-hybridized carbons (Fsp3) is 0.429. The van der Waals surface area contributed by atoms with Gasteiger partial charge < -0.3 is 14.8 Å². The van der Waals surface area contributed by atoms with E-state index >= 15 is 0 Å². The Morgan fingerprint density at radius 2 is 2.21 bits per heavy atom. The molecule has 5 nitrogen and oxygen atoms in total. The summed E-state index contributed by atoms with van der Waals surface area (Å²) in [6, 6.07) is 5.17. The SMILES string of the molecule is COCC(C)NC(=O)COc1c(C)cccc1C=O. The zero-order chi connectivity index (χ0) is 14.3. The summed E-state index contributed by atoms with van der Waals surface area (Å²) in [6.07, 6.45) is 0.716. The number of nitrogens with one attached hydrogen (secondary N) is 1. The number of hydrogen-bond donors (Lipinski definition) is 1. The summed E-state index contributed by atoms with van der Waals surface area (Å²) in [7, 11) is 1.57. The van der Waals surface area contributed by atoms with Crippen LogP contribution in [0.25, 0.3) is 0 Å². The molecule has 0 saturated carbocycles. The molecule has 19 heavy (non-hydrogen) atoms. The highest BCUT2D eigenvalue weighted by Crippen LogP contribution is 2.21. The van der Waals surface area contributed by atoms with Gasteiger partial charge >= 0.3 is 0 Å². The summed E-state index contributed by atoms with van der Waals surface area (Å²) < 4.78 is 10.3. The van der Waals surface area contributed by atoms with Gasteiger partial charge in [0.25, 0.3) is 5.91 Å². The van der Waals surface area contributed by atoms with Crippen LogP contribution in [-0.4, -0.2) is 38.6 Å². The molecule has 1 aromatic carbocycles. The number of aldehydes is 1. The third kappa shape index (κ3) is 4.71. The van der Waals surface area contributed by atoms with Gasteiger partial charge in [0.2, 0.25) is 0 Å². The van der Waals surface area contributed by atoms with Crippen molar-refractivity contribution in [2.24, 2.45) is 0 Å². The van der Waals surface area contributed by atoms with Crippen LogP contribution in [0.15, 0.2) is 18.2 Å². The predicted octanol–water partition coefficient (Wildman–Crippen LogP) is 1.34. The van der Waals surface area contributed by atoms with Crippen molar-refractivity contribution >= 4 is 12.2 Å². The molecular formula is C14H19NO4. The normalized spacial score (nSPS) is 11.7. The van der Waals surface area contributed by atoms with Crippen molar-refractivity contribution in [3.8, 4) is 5.75 Å². The maximum absolute atomic E-state index is 11.6. The number of methoxy groups -OCH3 is 1. The number of para-hydroxylation sites is 1. The average Bonchev–Trinajstić information content (AvgIpc) is 2.37. The molecule has 0 aliphatic heterocycles. The Labute approximate surface area is 112 Å². The van der Waals surface area contributed by atoms with E-state index in [0.717, 1.165) is 5.56 Å². The Bertz CT molecular complexity index is 445. The van der Waals surface area contributed by atoms with Crippen LogP contribution in [0.5, 0.6) is 5.75 Å². The van der Waals surface area contributed by atoms with E-state index in [0.29, 0.717) is 24.2 Å². The largest absolute Gasteiger partial charge is 0.483 e. The first-order valence-corrected chi connectivity index (χ1v) is 6.04. The van der Waals surface area contributed by atoms with E-state index in [1.165, 1.54) is 0 Å². The second-order valence-corrected chi connectivity index (χ2v) is 4.32. The molecule has 0 saturated heterocycles. The lowest BCUT2D eigenvalue weighted by molar-refractivity contribution is -0.124. The molecule has 0 spiro atoms. The second-order valence-electron chi connectivity index (χ2n) is 4.32. The summed E-state index contributed by atoms with van der Waals surface area (Å²) in [4.78, 5) is 22.5. The van der Waals surface area contributed by atoms with Gasteiger partial charge in [-0.3, -0.25) is 9.59 Å². The van der Waals surface area contributed by atoms with E-state index in [2.05, 4.69) is 5.32 Å². The smallest absolute Gasteiger partial charge is 0.258 e. The highest BCUT2D eigenvalue weighted by Gasteiger charge is 2.11. The van der Waals surface area contributed by atoms with Crippen LogP contribution in [-0.2, 0) is 9.53 Å². The number of ether oxygens (including phenoxy) is 2. The highest BCUT2D eigenvalue weighted by molar-refractivity contribution is 5.81. The first-order chi connectivity index (χ1) is 9.08. The summed E-state index contributed by atoms with van der Waals surface area (Å²) in [5.74, 6) is 0.205. The molecule has 1 N–H and O–H groups in total. The Balaban J connectivity index is 2.57. The van der Waals surface area contributed by atoms with E-state index in [1.54, 1.807) is 19.2 Å². The van der Waals surface area contributed by atoms with Gasteiger partial charge in [-0.2, -0.15) is 0 Å².